The molecule has 0 spiro atoms. The van der Waals surface area contributed by atoms with Gasteiger partial charge in [-0.1, -0.05) is 0 Å². The lowest BCUT2D eigenvalue weighted by molar-refractivity contribution is -0.126. The second-order valence-electron chi connectivity index (χ2n) is 3.27. The third-order valence-electron chi connectivity index (χ3n) is 2.09. The molecule has 0 unspecified atom stereocenters. The molecule has 1 amide bonds. The van der Waals surface area contributed by atoms with Crippen molar-refractivity contribution in [2.45, 2.75) is 6.43 Å². The van der Waals surface area contributed by atoms with Gasteiger partial charge in [-0.3, -0.25) is 4.79 Å². The van der Waals surface area contributed by atoms with Crippen molar-refractivity contribution in [2.75, 3.05) is 18.5 Å². The Labute approximate surface area is 104 Å². The zero-order valence-corrected chi connectivity index (χ0v) is 10.1. The van der Waals surface area contributed by atoms with Gasteiger partial charge in [0.25, 0.3) is 5.91 Å². The van der Waals surface area contributed by atoms with Gasteiger partial charge in [-0.15, -0.1) is 0 Å². The van der Waals surface area contributed by atoms with Gasteiger partial charge in [0.05, 0.1) is 5.69 Å². The van der Waals surface area contributed by atoms with Crippen LogP contribution in [0, 0.1) is 0 Å². The van der Waals surface area contributed by atoms with Crippen molar-refractivity contribution in [3.63, 3.8) is 0 Å². The second kappa shape index (κ2) is 4.87. The Kier molecular flexibility index (Phi) is 3.46. The van der Waals surface area contributed by atoms with Gasteiger partial charge in [-0.2, -0.15) is 8.78 Å². The molecular formula is C10H8BrF2NO3. The van der Waals surface area contributed by atoms with Crippen molar-refractivity contribution in [3.8, 4) is 11.5 Å². The third kappa shape index (κ3) is 2.66. The number of nitrogens with one attached hydrogen (secondary N) is 1. The summed E-state index contributed by atoms with van der Waals surface area (Å²) in [5.41, 5.74) is 0.222. The number of amides is 1. The highest BCUT2D eigenvalue weighted by molar-refractivity contribution is 9.10. The van der Waals surface area contributed by atoms with Crippen molar-refractivity contribution in [1.29, 1.82) is 0 Å². The topological polar surface area (TPSA) is 47.6 Å². The van der Waals surface area contributed by atoms with Crippen LogP contribution < -0.4 is 14.8 Å². The van der Waals surface area contributed by atoms with Crippen LogP contribution in [0.3, 0.4) is 0 Å². The number of hydrogen-bond donors (Lipinski definition) is 1. The fourth-order valence-electron chi connectivity index (χ4n) is 1.35. The highest BCUT2D eigenvalue weighted by atomic mass is 79.9. The van der Waals surface area contributed by atoms with Gasteiger partial charge in [0.2, 0.25) is 0 Å². The third-order valence-corrected chi connectivity index (χ3v) is 2.74. The number of benzene rings is 1. The predicted molar refractivity (Wildman–Crippen MR) is 59.8 cm³/mol. The summed E-state index contributed by atoms with van der Waals surface area (Å²) in [5, 5.41) is 2.09. The number of alkyl halides is 2. The van der Waals surface area contributed by atoms with Crippen LogP contribution >= 0.6 is 15.9 Å². The molecule has 17 heavy (non-hydrogen) atoms. The summed E-state index contributed by atoms with van der Waals surface area (Å²) in [7, 11) is 0. The Morgan fingerprint density at radius 2 is 1.88 bits per heavy atom. The molecule has 0 atom stereocenters. The summed E-state index contributed by atoms with van der Waals surface area (Å²) in [5.74, 6) is -0.426. The van der Waals surface area contributed by atoms with Crippen molar-refractivity contribution < 1.29 is 23.0 Å². The normalized spacial score (nSPS) is 13.6. The number of halogens is 3. The molecule has 0 fully saturated rings. The summed E-state index contributed by atoms with van der Waals surface area (Å²) in [6, 6.07) is 3.01. The molecule has 0 saturated heterocycles. The molecule has 4 nitrogen and oxygen atoms in total. The van der Waals surface area contributed by atoms with Gasteiger partial charge in [-0.25, -0.2) is 0 Å². The molecule has 0 bridgehead atoms. The van der Waals surface area contributed by atoms with E-state index < -0.39 is 12.3 Å². The Morgan fingerprint density at radius 3 is 2.47 bits per heavy atom. The first-order valence-electron chi connectivity index (χ1n) is 4.76. The minimum absolute atomic E-state index is 0.222. The maximum atomic E-state index is 12.1. The fraction of sp³-hybridized carbons (Fsp3) is 0.300. The molecule has 1 aromatic rings. The van der Waals surface area contributed by atoms with Crippen LogP contribution in [0.2, 0.25) is 0 Å². The minimum Gasteiger partial charge on any atom is -0.486 e. The molecule has 0 radical (unpaired) electrons. The molecular weight excluding hydrogens is 300 g/mol. The minimum atomic E-state index is -3.06. The second-order valence-corrected chi connectivity index (χ2v) is 4.12. The van der Waals surface area contributed by atoms with E-state index in [1.54, 1.807) is 6.07 Å². The quantitative estimate of drug-likeness (QED) is 0.913. The van der Waals surface area contributed by atoms with Gasteiger partial charge < -0.3 is 14.8 Å². The lowest BCUT2D eigenvalue weighted by atomic mass is 10.2. The van der Waals surface area contributed by atoms with E-state index in [9.17, 15) is 13.6 Å². The molecule has 1 N–H and O–H groups in total. The van der Waals surface area contributed by atoms with E-state index >= 15 is 0 Å². The smallest absolute Gasteiger partial charge is 0.315 e. The van der Waals surface area contributed by atoms with Crippen molar-refractivity contribution in [2.24, 2.45) is 0 Å². The van der Waals surface area contributed by atoms with E-state index in [0.717, 1.165) is 0 Å². The van der Waals surface area contributed by atoms with Gasteiger partial charge in [0.15, 0.2) is 11.5 Å². The first-order valence-corrected chi connectivity index (χ1v) is 5.55. The van der Waals surface area contributed by atoms with Crippen molar-refractivity contribution >= 4 is 27.5 Å². The molecule has 1 aliphatic heterocycles. The number of hydrogen-bond acceptors (Lipinski definition) is 3. The van der Waals surface area contributed by atoms with E-state index in [0.29, 0.717) is 29.2 Å². The zero-order valence-electron chi connectivity index (χ0n) is 8.50. The summed E-state index contributed by atoms with van der Waals surface area (Å²) in [4.78, 5) is 10.9. The number of anilines is 1. The lowest BCUT2D eigenvalue weighted by Crippen LogP contribution is -2.21. The summed E-state index contributed by atoms with van der Waals surface area (Å²) < 4.78 is 35.2. The SMILES string of the molecule is O=C(Nc1cc2c(cc1Br)OCCO2)C(F)F. The number of carbonyl (C=O) groups is 1. The highest BCUT2D eigenvalue weighted by Gasteiger charge is 2.19. The van der Waals surface area contributed by atoms with Crippen LogP contribution in [0.4, 0.5) is 14.5 Å². The molecule has 1 aliphatic rings. The number of carbonyl (C=O) groups excluding carboxylic acids is 1. The van der Waals surface area contributed by atoms with Crippen molar-refractivity contribution in [3.05, 3.63) is 16.6 Å². The van der Waals surface area contributed by atoms with E-state index in [4.69, 9.17) is 9.47 Å². The Hall–Kier alpha value is -1.37. The van der Waals surface area contributed by atoms with Gasteiger partial charge in [0.1, 0.15) is 13.2 Å². The summed E-state index contributed by atoms with van der Waals surface area (Å²) >= 11 is 3.16. The van der Waals surface area contributed by atoms with Crippen LogP contribution in [-0.2, 0) is 4.79 Å². The number of fused-ring (bicyclic) bond motifs is 1. The summed E-state index contributed by atoms with van der Waals surface area (Å²) in [6.45, 7) is 0.818. The molecule has 0 aromatic heterocycles. The Morgan fingerprint density at radius 1 is 1.29 bits per heavy atom. The standard InChI is InChI=1S/C10H8BrF2NO3/c11-5-3-7-8(17-2-1-16-7)4-6(5)14-10(15)9(12)13/h3-4,9H,1-2H2,(H,14,15). The van der Waals surface area contributed by atoms with E-state index in [1.807, 2.05) is 0 Å². The maximum absolute atomic E-state index is 12.1. The van der Waals surface area contributed by atoms with Crippen LogP contribution in [0.5, 0.6) is 11.5 Å². The van der Waals surface area contributed by atoms with Crippen molar-refractivity contribution in [1.82, 2.24) is 0 Å². The first kappa shape index (κ1) is 12.1. The van der Waals surface area contributed by atoms with Gasteiger partial charge in [0, 0.05) is 16.6 Å². The molecule has 0 aliphatic carbocycles. The maximum Gasteiger partial charge on any atom is 0.315 e. The van der Waals surface area contributed by atoms with Crippen LogP contribution in [-0.4, -0.2) is 25.5 Å². The first-order chi connectivity index (χ1) is 8.08. The Bertz CT molecular complexity index is 453. The molecule has 2 rings (SSSR count). The average Bonchev–Trinajstić information content (AvgIpc) is 2.29. The highest BCUT2D eigenvalue weighted by Crippen LogP contribution is 2.38. The van der Waals surface area contributed by atoms with Gasteiger partial charge >= 0.3 is 6.43 Å². The van der Waals surface area contributed by atoms with Crippen LogP contribution in [0.25, 0.3) is 0 Å². The molecule has 1 heterocycles. The van der Waals surface area contributed by atoms with Crippen LogP contribution in [0.1, 0.15) is 0 Å². The number of rotatable bonds is 2. The molecule has 0 saturated carbocycles. The van der Waals surface area contributed by atoms with Gasteiger partial charge in [-0.05, 0) is 15.9 Å². The lowest BCUT2D eigenvalue weighted by Gasteiger charge is -2.20. The van der Waals surface area contributed by atoms with Crippen LogP contribution in [0.15, 0.2) is 16.6 Å². The average molecular weight is 308 g/mol. The van der Waals surface area contributed by atoms with E-state index in [1.165, 1.54) is 6.07 Å². The molecule has 7 heteroatoms. The predicted octanol–water partition coefficient (Wildman–Crippen LogP) is 2.42. The summed E-state index contributed by atoms with van der Waals surface area (Å²) in [6.07, 6.45) is -3.06. The largest absolute Gasteiger partial charge is 0.486 e. The monoisotopic (exact) mass is 307 g/mol. The van der Waals surface area contributed by atoms with E-state index in [2.05, 4.69) is 21.2 Å². The zero-order chi connectivity index (χ0) is 12.4. The molecule has 1 aromatic carbocycles. The van der Waals surface area contributed by atoms with E-state index in [-0.39, 0.29) is 5.69 Å². The molecule has 92 valence electrons. The Balaban J connectivity index is 2.26. The number of ether oxygens (including phenoxy) is 2. The fourth-order valence-corrected chi connectivity index (χ4v) is 1.77.